The van der Waals surface area contributed by atoms with Crippen molar-refractivity contribution in [1.29, 1.82) is 5.26 Å². The quantitative estimate of drug-likeness (QED) is 0.728. The number of nitrogens with zero attached hydrogens (tertiary/aromatic N) is 6. The Balaban J connectivity index is 1.53. The Morgan fingerprint density at radius 2 is 2.04 bits per heavy atom. The van der Waals surface area contributed by atoms with Crippen molar-refractivity contribution in [2.24, 2.45) is 0 Å². The van der Waals surface area contributed by atoms with E-state index < -0.39 is 0 Å². The van der Waals surface area contributed by atoms with Gasteiger partial charge >= 0.3 is 0 Å². The van der Waals surface area contributed by atoms with Gasteiger partial charge in [0.1, 0.15) is 23.4 Å². The van der Waals surface area contributed by atoms with Crippen molar-refractivity contribution in [2.45, 2.75) is 25.3 Å². The number of aromatic nitrogens is 4. The smallest absolute Gasteiger partial charge is 0.142 e. The SMILES string of the molecule is N#Cc1cccc(N2CCC[C@H](c3nccn3Cc3ccncc3)C2)n1. The van der Waals surface area contributed by atoms with E-state index in [0.29, 0.717) is 11.6 Å². The number of anilines is 1. The van der Waals surface area contributed by atoms with Gasteiger partial charge in [0, 0.05) is 50.3 Å². The molecule has 0 amide bonds. The first-order chi connectivity index (χ1) is 12.8. The highest BCUT2D eigenvalue weighted by Crippen LogP contribution is 2.28. The van der Waals surface area contributed by atoms with Gasteiger partial charge in [-0.15, -0.1) is 0 Å². The molecule has 3 aromatic rings. The van der Waals surface area contributed by atoms with E-state index in [-0.39, 0.29) is 0 Å². The second kappa shape index (κ2) is 7.36. The molecule has 6 nitrogen and oxygen atoms in total. The maximum atomic E-state index is 9.09. The second-order valence-corrected chi connectivity index (χ2v) is 6.55. The topological polar surface area (TPSA) is 70.6 Å². The summed E-state index contributed by atoms with van der Waals surface area (Å²) in [6, 6.07) is 11.8. The van der Waals surface area contributed by atoms with Gasteiger partial charge in [0.25, 0.3) is 0 Å². The molecule has 0 radical (unpaired) electrons. The fourth-order valence-electron chi connectivity index (χ4n) is 3.56. The Bertz CT molecular complexity index is 911. The molecule has 0 spiro atoms. The predicted molar refractivity (Wildman–Crippen MR) is 98.7 cm³/mol. The van der Waals surface area contributed by atoms with Crippen LogP contribution in [-0.4, -0.2) is 32.6 Å². The molecule has 130 valence electrons. The van der Waals surface area contributed by atoms with Crippen LogP contribution in [0.2, 0.25) is 0 Å². The Hall–Kier alpha value is -3.20. The number of piperidine rings is 1. The maximum absolute atomic E-state index is 9.09. The molecule has 1 saturated heterocycles. The molecule has 1 fully saturated rings. The van der Waals surface area contributed by atoms with Crippen molar-refractivity contribution in [1.82, 2.24) is 19.5 Å². The van der Waals surface area contributed by atoms with E-state index in [2.05, 4.69) is 30.5 Å². The molecule has 0 saturated carbocycles. The number of pyridine rings is 2. The Morgan fingerprint density at radius 1 is 1.15 bits per heavy atom. The summed E-state index contributed by atoms with van der Waals surface area (Å²) in [4.78, 5) is 15.4. The van der Waals surface area contributed by atoms with Crippen LogP contribution < -0.4 is 4.90 Å². The average molecular weight is 344 g/mol. The van der Waals surface area contributed by atoms with Crippen LogP contribution in [0.25, 0.3) is 0 Å². The van der Waals surface area contributed by atoms with Crippen molar-refractivity contribution in [3.05, 3.63) is 72.2 Å². The van der Waals surface area contributed by atoms with Gasteiger partial charge in [-0.3, -0.25) is 4.98 Å². The molecule has 26 heavy (non-hydrogen) atoms. The van der Waals surface area contributed by atoms with Crippen molar-refractivity contribution in [3.63, 3.8) is 0 Å². The van der Waals surface area contributed by atoms with Gasteiger partial charge in [0.15, 0.2) is 0 Å². The van der Waals surface area contributed by atoms with Gasteiger partial charge in [-0.25, -0.2) is 9.97 Å². The van der Waals surface area contributed by atoms with Gasteiger partial charge in [0.05, 0.1) is 0 Å². The third kappa shape index (κ3) is 3.42. The first-order valence-corrected chi connectivity index (χ1v) is 8.85. The van der Waals surface area contributed by atoms with Gasteiger partial charge in [0.2, 0.25) is 0 Å². The summed E-state index contributed by atoms with van der Waals surface area (Å²) < 4.78 is 2.22. The summed E-state index contributed by atoms with van der Waals surface area (Å²) in [5, 5.41) is 9.09. The van der Waals surface area contributed by atoms with Crippen molar-refractivity contribution >= 4 is 5.82 Å². The summed E-state index contributed by atoms with van der Waals surface area (Å²) >= 11 is 0. The van der Waals surface area contributed by atoms with E-state index in [1.807, 2.05) is 49.1 Å². The van der Waals surface area contributed by atoms with Crippen molar-refractivity contribution in [2.75, 3.05) is 18.0 Å². The lowest BCUT2D eigenvalue weighted by Gasteiger charge is -2.33. The lowest BCUT2D eigenvalue weighted by atomic mass is 9.97. The summed E-state index contributed by atoms with van der Waals surface area (Å²) in [5.41, 5.74) is 1.68. The van der Waals surface area contributed by atoms with Crippen LogP contribution in [0, 0.1) is 11.3 Å². The van der Waals surface area contributed by atoms with E-state index in [1.54, 1.807) is 6.07 Å². The Labute approximate surface area is 152 Å². The largest absolute Gasteiger partial charge is 0.356 e. The minimum Gasteiger partial charge on any atom is -0.356 e. The number of hydrogen-bond acceptors (Lipinski definition) is 5. The lowest BCUT2D eigenvalue weighted by Crippen LogP contribution is -2.36. The van der Waals surface area contributed by atoms with Crippen LogP contribution in [-0.2, 0) is 6.54 Å². The molecule has 0 N–H and O–H groups in total. The highest BCUT2D eigenvalue weighted by Gasteiger charge is 2.25. The van der Waals surface area contributed by atoms with Crippen molar-refractivity contribution in [3.8, 4) is 6.07 Å². The maximum Gasteiger partial charge on any atom is 0.142 e. The molecule has 3 aromatic heterocycles. The van der Waals surface area contributed by atoms with Crippen molar-refractivity contribution < 1.29 is 0 Å². The highest BCUT2D eigenvalue weighted by molar-refractivity contribution is 5.42. The minimum atomic E-state index is 0.355. The molecule has 4 rings (SSSR count). The molecule has 0 bridgehead atoms. The first-order valence-electron chi connectivity index (χ1n) is 8.85. The molecule has 4 heterocycles. The third-order valence-electron chi connectivity index (χ3n) is 4.81. The van der Waals surface area contributed by atoms with Gasteiger partial charge in [-0.2, -0.15) is 5.26 Å². The molecule has 1 atom stereocenters. The number of hydrogen-bond donors (Lipinski definition) is 0. The lowest BCUT2D eigenvalue weighted by molar-refractivity contribution is 0.474. The molecule has 1 aliphatic heterocycles. The zero-order chi connectivity index (χ0) is 17.8. The fourth-order valence-corrected chi connectivity index (χ4v) is 3.56. The van der Waals surface area contributed by atoms with E-state index in [0.717, 1.165) is 44.1 Å². The zero-order valence-electron chi connectivity index (χ0n) is 14.5. The summed E-state index contributed by atoms with van der Waals surface area (Å²) in [6.45, 7) is 2.63. The summed E-state index contributed by atoms with van der Waals surface area (Å²) in [5.74, 6) is 2.34. The summed E-state index contributed by atoms with van der Waals surface area (Å²) in [7, 11) is 0. The van der Waals surface area contributed by atoms with E-state index in [4.69, 9.17) is 5.26 Å². The third-order valence-corrected chi connectivity index (χ3v) is 4.81. The van der Waals surface area contributed by atoms with Crippen LogP contribution in [0.3, 0.4) is 0 Å². The normalized spacial score (nSPS) is 17.0. The van der Waals surface area contributed by atoms with E-state index >= 15 is 0 Å². The Morgan fingerprint density at radius 3 is 2.88 bits per heavy atom. The highest BCUT2D eigenvalue weighted by atomic mass is 15.2. The molecule has 0 unspecified atom stereocenters. The van der Waals surface area contributed by atoms with Crippen LogP contribution in [0.4, 0.5) is 5.82 Å². The first kappa shape index (κ1) is 16.3. The van der Waals surface area contributed by atoms with Crippen LogP contribution >= 0.6 is 0 Å². The molecular formula is C20H20N6. The number of imidazole rings is 1. The van der Waals surface area contributed by atoms with Gasteiger partial charge in [-0.05, 0) is 42.7 Å². The van der Waals surface area contributed by atoms with Crippen LogP contribution in [0.5, 0.6) is 0 Å². The Kier molecular flexibility index (Phi) is 4.61. The van der Waals surface area contributed by atoms with E-state index in [9.17, 15) is 0 Å². The van der Waals surface area contributed by atoms with E-state index in [1.165, 1.54) is 5.56 Å². The zero-order valence-corrected chi connectivity index (χ0v) is 14.5. The predicted octanol–water partition coefficient (Wildman–Crippen LogP) is 2.98. The standard InChI is InChI=1S/C20H20N6/c21-13-18-4-1-5-19(24-18)25-11-2-3-17(15-25)20-23-10-12-26(20)14-16-6-8-22-9-7-16/h1,4-10,12,17H,2-3,11,14-15H2/t17-/m0/s1. The van der Waals surface area contributed by atoms with Gasteiger partial charge < -0.3 is 9.47 Å². The molecular weight excluding hydrogens is 324 g/mol. The minimum absolute atomic E-state index is 0.355. The fraction of sp³-hybridized carbons (Fsp3) is 0.300. The monoisotopic (exact) mass is 344 g/mol. The molecule has 6 heteroatoms. The molecule has 0 aliphatic carbocycles. The van der Waals surface area contributed by atoms with Crippen LogP contribution in [0.1, 0.15) is 35.8 Å². The summed E-state index contributed by atoms with van der Waals surface area (Å²) in [6.07, 6.45) is 9.77. The average Bonchev–Trinajstić information content (AvgIpc) is 3.17. The number of rotatable bonds is 4. The van der Waals surface area contributed by atoms with Crippen LogP contribution in [0.15, 0.2) is 55.1 Å². The second-order valence-electron chi connectivity index (χ2n) is 6.55. The molecule has 0 aromatic carbocycles. The molecule has 1 aliphatic rings. The number of nitriles is 1. The van der Waals surface area contributed by atoms with Gasteiger partial charge in [-0.1, -0.05) is 6.07 Å².